The molecule has 1 rings (SSSR count). The highest BCUT2D eigenvalue weighted by Crippen LogP contribution is 2.22. The van der Waals surface area contributed by atoms with Crippen LogP contribution in [-0.2, 0) is 4.74 Å². The Hall–Kier alpha value is -0.120. The zero-order valence-corrected chi connectivity index (χ0v) is 11.3. The van der Waals surface area contributed by atoms with Gasteiger partial charge in [-0.05, 0) is 59.2 Å². The maximum atomic E-state index is 5.14. The third-order valence-electron chi connectivity index (χ3n) is 4.10. The molecular weight excluding hydrogens is 200 g/mol. The van der Waals surface area contributed by atoms with Crippen molar-refractivity contribution in [2.75, 3.05) is 33.9 Å². The average Bonchev–Trinajstić information content (AvgIpc) is 2.35. The molecule has 1 aliphatic heterocycles. The van der Waals surface area contributed by atoms with Crippen LogP contribution in [0.5, 0.6) is 0 Å². The van der Waals surface area contributed by atoms with E-state index in [1.165, 1.54) is 25.9 Å². The molecule has 0 saturated carbocycles. The first-order valence-electron chi connectivity index (χ1n) is 6.59. The van der Waals surface area contributed by atoms with Gasteiger partial charge in [0, 0.05) is 25.8 Å². The molecule has 0 radical (unpaired) electrons. The van der Waals surface area contributed by atoms with E-state index in [2.05, 4.69) is 31.1 Å². The summed E-state index contributed by atoms with van der Waals surface area (Å²) in [5, 5.41) is 3.37. The number of ether oxygens (including phenoxy) is 1. The number of methoxy groups -OCH3 is 1. The summed E-state index contributed by atoms with van der Waals surface area (Å²) in [4.78, 5) is 2.61. The van der Waals surface area contributed by atoms with Crippen molar-refractivity contribution in [3.05, 3.63) is 0 Å². The topological polar surface area (TPSA) is 24.5 Å². The van der Waals surface area contributed by atoms with Crippen molar-refractivity contribution in [1.29, 1.82) is 0 Å². The number of hydrogen-bond donors (Lipinski definition) is 1. The fourth-order valence-corrected chi connectivity index (χ4v) is 2.57. The van der Waals surface area contributed by atoms with Crippen molar-refractivity contribution in [1.82, 2.24) is 10.2 Å². The second-order valence-electron chi connectivity index (χ2n) is 5.08. The van der Waals surface area contributed by atoms with Crippen molar-refractivity contribution in [2.45, 2.75) is 45.2 Å². The lowest BCUT2D eigenvalue weighted by Gasteiger charge is -2.38. The van der Waals surface area contributed by atoms with Gasteiger partial charge in [0.15, 0.2) is 0 Å². The van der Waals surface area contributed by atoms with Crippen LogP contribution in [0.3, 0.4) is 0 Å². The Morgan fingerprint density at radius 3 is 2.44 bits per heavy atom. The summed E-state index contributed by atoms with van der Waals surface area (Å²) in [5.74, 6) is 0.857. The number of hydrogen-bond acceptors (Lipinski definition) is 3. The molecule has 16 heavy (non-hydrogen) atoms. The number of nitrogens with zero attached hydrogens (tertiary/aromatic N) is 1. The normalized spacial score (nSPS) is 23.2. The summed E-state index contributed by atoms with van der Waals surface area (Å²) in [5.41, 5.74) is 0. The van der Waals surface area contributed by atoms with E-state index in [-0.39, 0.29) is 0 Å². The maximum absolute atomic E-state index is 5.14. The van der Waals surface area contributed by atoms with Crippen molar-refractivity contribution in [2.24, 2.45) is 5.92 Å². The third kappa shape index (κ3) is 4.04. The molecule has 2 atom stereocenters. The summed E-state index contributed by atoms with van der Waals surface area (Å²) in [6.45, 7) is 8.01. The minimum atomic E-state index is 0.663. The van der Waals surface area contributed by atoms with Crippen LogP contribution in [0.2, 0.25) is 0 Å². The Bertz CT molecular complexity index is 179. The Balaban J connectivity index is 2.25. The lowest BCUT2D eigenvalue weighted by Crippen LogP contribution is -2.44. The second kappa shape index (κ2) is 7.25. The van der Waals surface area contributed by atoms with E-state index in [1.54, 1.807) is 7.11 Å². The first kappa shape index (κ1) is 13.9. The lowest BCUT2D eigenvalue weighted by molar-refractivity contribution is 0.0990. The molecule has 1 N–H and O–H groups in total. The van der Waals surface area contributed by atoms with Gasteiger partial charge in [0.2, 0.25) is 0 Å². The van der Waals surface area contributed by atoms with Gasteiger partial charge in [-0.25, -0.2) is 0 Å². The highest BCUT2D eigenvalue weighted by atomic mass is 16.5. The van der Waals surface area contributed by atoms with Crippen molar-refractivity contribution in [3.63, 3.8) is 0 Å². The quantitative estimate of drug-likeness (QED) is 0.749. The number of piperidine rings is 1. The molecule has 2 unspecified atom stereocenters. The van der Waals surface area contributed by atoms with Crippen LogP contribution >= 0.6 is 0 Å². The summed E-state index contributed by atoms with van der Waals surface area (Å²) < 4.78 is 5.14. The molecule has 1 saturated heterocycles. The number of likely N-dealkylation sites (tertiary alicyclic amines) is 1. The van der Waals surface area contributed by atoms with E-state index in [9.17, 15) is 0 Å². The summed E-state index contributed by atoms with van der Waals surface area (Å²) >= 11 is 0. The maximum Gasteiger partial charge on any atom is 0.0477 e. The molecule has 0 aliphatic carbocycles. The van der Waals surface area contributed by atoms with Crippen molar-refractivity contribution in [3.8, 4) is 0 Å². The van der Waals surface area contributed by atoms with Crippen LogP contribution in [0.25, 0.3) is 0 Å². The average molecular weight is 228 g/mol. The van der Waals surface area contributed by atoms with Crippen LogP contribution in [0.1, 0.15) is 33.1 Å². The molecule has 0 aromatic rings. The molecule has 1 fully saturated rings. The molecule has 0 aromatic heterocycles. The standard InChI is InChI=1S/C13H28N2O/c1-11(7-10-16-4)15-8-5-13(6-9-15)12(2)14-3/h11-14H,5-10H2,1-4H3. The summed E-state index contributed by atoms with van der Waals surface area (Å²) in [6.07, 6.45) is 3.82. The van der Waals surface area contributed by atoms with Gasteiger partial charge in [0.1, 0.15) is 0 Å². The fraction of sp³-hybridized carbons (Fsp3) is 1.00. The van der Waals surface area contributed by atoms with Gasteiger partial charge in [-0.2, -0.15) is 0 Å². The van der Waals surface area contributed by atoms with Crippen molar-refractivity contribution < 1.29 is 4.74 Å². The number of rotatable bonds is 6. The Morgan fingerprint density at radius 2 is 1.94 bits per heavy atom. The first-order valence-corrected chi connectivity index (χ1v) is 6.59. The van der Waals surface area contributed by atoms with E-state index in [4.69, 9.17) is 4.74 Å². The van der Waals surface area contributed by atoms with Gasteiger partial charge in [0.05, 0.1) is 0 Å². The van der Waals surface area contributed by atoms with Gasteiger partial charge < -0.3 is 15.0 Å². The Kier molecular flexibility index (Phi) is 6.32. The van der Waals surface area contributed by atoms with Crippen LogP contribution in [0, 0.1) is 5.92 Å². The SMILES string of the molecule is CNC(C)C1CCN(C(C)CCOC)CC1. The largest absolute Gasteiger partial charge is 0.385 e. The molecule has 1 aliphatic rings. The van der Waals surface area contributed by atoms with Gasteiger partial charge in [-0.15, -0.1) is 0 Å². The summed E-state index contributed by atoms with van der Waals surface area (Å²) in [6, 6.07) is 1.34. The second-order valence-corrected chi connectivity index (χ2v) is 5.08. The molecular formula is C13H28N2O. The predicted octanol–water partition coefficient (Wildman–Crippen LogP) is 1.73. The van der Waals surface area contributed by atoms with Crippen LogP contribution < -0.4 is 5.32 Å². The molecule has 0 aromatic carbocycles. The molecule has 96 valence electrons. The van der Waals surface area contributed by atoms with Crippen LogP contribution in [-0.4, -0.2) is 50.8 Å². The zero-order valence-electron chi connectivity index (χ0n) is 11.3. The molecule has 3 heteroatoms. The van der Waals surface area contributed by atoms with Gasteiger partial charge in [-0.3, -0.25) is 0 Å². The third-order valence-corrected chi connectivity index (χ3v) is 4.10. The van der Waals surface area contributed by atoms with E-state index in [0.29, 0.717) is 12.1 Å². The van der Waals surface area contributed by atoms with Gasteiger partial charge in [0.25, 0.3) is 0 Å². The molecule has 3 nitrogen and oxygen atoms in total. The molecule has 0 bridgehead atoms. The van der Waals surface area contributed by atoms with E-state index in [1.807, 2.05) is 0 Å². The summed E-state index contributed by atoms with van der Waals surface area (Å²) in [7, 11) is 3.85. The van der Waals surface area contributed by atoms with E-state index < -0.39 is 0 Å². The molecule has 0 spiro atoms. The zero-order chi connectivity index (χ0) is 12.0. The minimum Gasteiger partial charge on any atom is -0.385 e. The molecule has 0 amide bonds. The monoisotopic (exact) mass is 228 g/mol. The lowest BCUT2D eigenvalue weighted by atomic mass is 9.89. The van der Waals surface area contributed by atoms with E-state index in [0.717, 1.165) is 18.9 Å². The Morgan fingerprint density at radius 1 is 1.31 bits per heavy atom. The highest BCUT2D eigenvalue weighted by molar-refractivity contribution is 4.80. The van der Waals surface area contributed by atoms with Gasteiger partial charge >= 0.3 is 0 Å². The fourth-order valence-electron chi connectivity index (χ4n) is 2.57. The van der Waals surface area contributed by atoms with E-state index >= 15 is 0 Å². The van der Waals surface area contributed by atoms with Crippen LogP contribution in [0.15, 0.2) is 0 Å². The highest BCUT2D eigenvalue weighted by Gasteiger charge is 2.25. The molecule has 1 heterocycles. The first-order chi connectivity index (χ1) is 7.69. The predicted molar refractivity (Wildman–Crippen MR) is 68.8 cm³/mol. The van der Waals surface area contributed by atoms with Gasteiger partial charge in [-0.1, -0.05) is 0 Å². The van der Waals surface area contributed by atoms with Crippen LogP contribution in [0.4, 0.5) is 0 Å². The number of nitrogens with one attached hydrogen (secondary N) is 1. The Labute approximate surface area is 101 Å². The van der Waals surface area contributed by atoms with Crippen molar-refractivity contribution >= 4 is 0 Å². The minimum absolute atomic E-state index is 0.663. The smallest absolute Gasteiger partial charge is 0.0477 e.